The summed E-state index contributed by atoms with van der Waals surface area (Å²) in [4.78, 5) is 16.9. The van der Waals surface area contributed by atoms with Gasteiger partial charge in [-0.1, -0.05) is 45.0 Å². The Hall–Kier alpha value is -2.18. The van der Waals surface area contributed by atoms with Gasteiger partial charge in [-0.3, -0.25) is 10.1 Å². The molecule has 0 aliphatic rings. The Morgan fingerprint density at radius 2 is 1.75 bits per heavy atom. The van der Waals surface area contributed by atoms with E-state index in [0.29, 0.717) is 10.7 Å². The van der Waals surface area contributed by atoms with E-state index in [1.165, 1.54) is 29.0 Å². The third-order valence-corrected chi connectivity index (χ3v) is 6.06. The fraction of sp³-hybridized carbons (Fsp3) is 0.273. The maximum atomic E-state index is 12.9. The highest BCUT2D eigenvalue weighted by Crippen LogP contribution is 2.24. The molecular weight excluding hydrogens is 391 g/mol. The van der Waals surface area contributed by atoms with Crippen molar-refractivity contribution in [3.8, 4) is 0 Å². The fourth-order valence-corrected chi connectivity index (χ4v) is 4.27. The average Bonchev–Trinajstić information content (AvgIpc) is 3.10. The van der Waals surface area contributed by atoms with Crippen LogP contribution in [-0.2, 0) is 16.9 Å². The maximum absolute atomic E-state index is 12.9. The third-order valence-electron chi connectivity index (χ3n) is 4.22. The second kappa shape index (κ2) is 8.88. The Morgan fingerprint density at radius 3 is 2.39 bits per heavy atom. The summed E-state index contributed by atoms with van der Waals surface area (Å²) in [7, 11) is 0. The minimum atomic E-state index is -0.221. The lowest BCUT2D eigenvalue weighted by Crippen LogP contribution is -2.14. The van der Waals surface area contributed by atoms with Gasteiger partial charge in [-0.25, -0.2) is 9.37 Å². The summed E-state index contributed by atoms with van der Waals surface area (Å²) in [6.45, 7) is 6.44. The van der Waals surface area contributed by atoms with Gasteiger partial charge in [0.25, 0.3) is 5.91 Å². The van der Waals surface area contributed by atoms with Crippen LogP contribution in [0.5, 0.6) is 0 Å². The van der Waals surface area contributed by atoms with Crippen molar-refractivity contribution in [2.24, 2.45) is 0 Å². The van der Waals surface area contributed by atoms with Crippen LogP contribution in [0.2, 0.25) is 0 Å². The molecule has 2 aromatic carbocycles. The Balaban J connectivity index is 1.52. The normalized spacial score (nSPS) is 11.4. The first-order valence-electron chi connectivity index (χ1n) is 9.00. The smallest absolute Gasteiger partial charge is 0.257 e. The SMILES string of the molecule is CC(C)(C)c1ccc(C(=O)Nc2nc(CSCc3ccc(F)cc3)cs2)cc1. The van der Waals surface area contributed by atoms with Crippen molar-refractivity contribution in [3.63, 3.8) is 0 Å². The van der Waals surface area contributed by atoms with Crippen LogP contribution in [0.3, 0.4) is 0 Å². The van der Waals surface area contributed by atoms with Gasteiger partial charge < -0.3 is 0 Å². The fourth-order valence-electron chi connectivity index (χ4n) is 2.58. The molecule has 0 bridgehead atoms. The number of anilines is 1. The van der Waals surface area contributed by atoms with Crippen LogP contribution in [0.15, 0.2) is 53.9 Å². The Bertz CT molecular complexity index is 928. The maximum Gasteiger partial charge on any atom is 0.257 e. The van der Waals surface area contributed by atoms with Gasteiger partial charge in [0.05, 0.1) is 5.69 Å². The molecule has 146 valence electrons. The van der Waals surface area contributed by atoms with Gasteiger partial charge in [-0.05, 0) is 40.8 Å². The van der Waals surface area contributed by atoms with Crippen LogP contribution in [0, 0.1) is 5.82 Å². The number of benzene rings is 2. The summed E-state index contributed by atoms with van der Waals surface area (Å²) in [5.41, 5.74) is 3.88. The first kappa shape index (κ1) is 20.6. The van der Waals surface area contributed by atoms with E-state index in [1.54, 1.807) is 23.9 Å². The molecule has 0 saturated heterocycles. The minimum absolute atomic E-state index is 0.0603. The molecule has 1 heterocycles. The number of carbonyl (C=O) groups excluding carboxylic acids is 1. The molecular formula is C22H23FN2OS2. The number of nitrogens with one attached hydrogen (secondary N) is 1. The number of rotatable bonds is 6. The monoisotopic (exact) mass is 414 g/mol. The summed E-state index contributed by atoms with van der Waals surface area (Å²) in [5, 5.41) is 5.42. The van der Waals surface area contributed by atoms with Crippen molar-refractivity contribution in [2.75, 3.05) is 5.32 Å². The molecule has 3 aromatic rings. The van der Waals surface area contributed by atoms with Gasteiger partial charge in [-0.15, -0.1) is 11.3 Å². The molecule has 1 N–H and O–H groups in total. The van der Waals surface area contributed by atoms with Crippen LogP contribution < -0.4 is 5.32 Å². The number of thioether (sulfide) groups is 1. The van der Waals surface area contributed by atoms with Crippen molar-refractivity contribution in [1.29, 1.82) is 0 Å². The minimum Gasteiger partial charge on any atom is -0.298 e. The first-order valence-corrected chi connectivity index (χ1v) is 11.0. The quantitative estimate of drug-likeness (QED) is 0.517. The van der Waals surface area contributed by atoms with E-state index in [1.807, 2.05) is 29.6 Å². The average molecular weight is 415 g/mol. The van der Waals surface area contributed by atoms with Crippen LogP contribution in [0.4, 0.5) is 9.52 Å². The van der Waals surface area contributed by atoms with Gasteiger partial charge in [0.1, 0.15) is 5.82 Å². The summed E-state index contributed by atoms with van der Waals surface area (Å²) in [6.07, 6.45) is 0. The predicted molar refractivity (Wildman–Crippen MR) is 117 cm³/mol. The zero-order valence-corrected chi connectivity index (χ0v) is 17.8. The van der Waals surface area contributed by atoms with E-state index in [0.717, 1.165) is 22.8 Å². The van der Waals surface area contributed by atoms with E-state index in [9.17, 15) is 9.18 Å². The second-order valence-electron chi connectivity index (χ2n) is 7.54. The lowest BCUT2D eigenvalue weighted by atomic mass is 9.87. The molecule has 6 heteroatoms. The van der Waals surface area contributed by atoms with Crippen molar-refractivity contribution >= 4 is 34.1 Å². The summed E-state index contributed by atoms with van der Waals surface area (Å²) >= 11 is 3.13. The van der Waals surface area contributed by atoms with Crippen LogP contribution in [0.1, 0.15) is 48.0 Å². The Morgan fingerprint density at radius 1 is 1.07 bits per heavy atom. The first-order chi connectivity index (χ1) is 13.3. The second-order valence-corrected chi connectivity index (χ2v) is 9.39. The molecule has 28 heavy (non-hydrogen) atoms. The van der Waals surface area contributed by atoms with Gasteiger partial charge in [0, 0.05) is 22.4 Å². The zero-order valence-electron chi connectivity index (χ0n) is 16.2. The van der Waals surface area contributed by atoms with E-state index in [4.69, 9.17) is 0 Å². The highest BCUT2D eigenvalue weighted by atomic mass is 32.2. The highest BCUT2D eigenvalue weighted by Gasteiger charge is 2.15. The van der Waals surface area contributed by atoms with Crippen molar-refractivity contribution in [2.45, 2.75) is 37.7 Å². The van der Waals surface area contributed by atoms with Crippen LogP contribution >= 0.6 is 23.1 Å². The Kier molecular flexibility index (Phi) is 6.52. The van der Waals surface area contributed by atoms with Crippen LogP contribution in [0.25, 0.3) is 0 Å². The largest absolute Gasteiger partial charge is 0.298 e. The third kappa shape index (κ3) is 5.66. The van der Waals surface area contributed by atoms with Crippen molar-refractivity contribution < 1.29 is 9.18 Å². The van der Waals surface area contributed by atoms with E-state index >= 15 is 0 Å². The highest BCUT2D eigenvalue weighted by molar-refractivity contribution is 7.97. The number of carbonyl (C=O) groups is 1. The van der Waals surface area contributed by atoms with Gasteiger partial charge in [-0.2, -0.15) is 11.8 Å². The molecule has 0 aliphatic heterocycles. The molecule has 0 fully saturated rings. The lowest BCUT2D eigenvalue weighted by Gasteiger charge is -2.18. The van der Waals surface area contributed by atoms with Gasteiger partial charge >= 0.3 is 0 Å². The molecule has 0 atom stereocenters. The summed E-state index contributed by atoms with van der Waals surface area (Å²) < 4.78 is 12.9. The number of aromatic nitrogens is 1. The molecule has 3 nitrogen and oxygen atoms in total. The molecule has 3 rings (SSSR count). The summed E-state index contributed by atoms with van der Waals surface area (Å²) in [5.74, 6) is 1.16. The number of thiazole rings is 1. The number of hydrogen-bond donors (Lipinski definition) is 1. The molecule has 1 aromatic heterocycles. The van der Waals surface area contributed by atoms with Gasteiger partial charge in [0.2, 0.25) is 0 Å². The Labute approximate surface area is 173 Å². The molecule has 0 radical (unpaired) electrons. The lowest BCUT2D eigenvalue weighted by molar-refractivity contribution is 0.102. The van der Waals surface area contributed by atoms with E-state index < -0.39 is 0 Å². The zero-order chi connectivity index (χ0) is 20.1. The molecule has 0 aliphatic carbocycles. The summed E-state index contributed by atoms with van der Waals surface area (Å²) in [6, 6.07) is 14.2. The predicted octanol–water partition coefficient (Wildman–Crippen LogP) is 6.27. The van der Waals surface area contributed by atoms with Crippen molar-refractivity contribution in [3.05, 3.63) is 82.1 Å². The van der Waals surface area contributed by atoms with E-state index in [-0.39, 0.29) is 17.1 Å². The van der Waals surface area contributed by atoms with Gasteiger partial charge in [0.15, 0.2) is 5.13 Å². The number of amides is 1. The van der Waals surface area contributed by atoms with E-state index in [2.05, 4.69) is 31.1 Å². The molecule has 0 unspecified atom stereocenters. The topological polar surface area (TPSA) is 42.0 Å². The number of nitrogens with zero attached hydrogens (tertiary/aromatic N) is 1. The molecule has 0 saturated carbocycles. The van der Waals surface area contributed by atoms with Crippen LogP contribution in [-0.4, -0.2) is 10.9 Å². The number of halogens is 1. The molecule has 1 amide bonds. The van der Waals surface area contributed by atoms with Crippen molar-refractivity contribution in [1.82, 2.24) is 4.98 Å². The molecule has 0 spiro atoms. The standard InChI is InChI=1S/C22H23FN2OS2/c1-22(2,3)17-8-6-16(7-9-17)20(26)25-21-24-19(14-28-21)13-27-12-15-4-10-18(23)11-5-15/h4-11,14H,12-13H2,1-3H3,(H,24,25,26). The number of hydrogen-bond acceptors (Lipinski definition) is 4.